The molecule has 1 radical (unpaired) electrons. The van der Waals surface area contributed by atoms with Crippen LogP contribution in [0, 0.1) is 49.4 Å². The van der Waals surface area contributed by atoms with Crippen molar-refractivity contribution in [3.8, 4) is 0 Å². The molecule has 2 aliphatic rings. The summed E-state index contributed by atoms with van der Waals surface area (Å²) in [5.74, 6) is 6.58. The Balaban J connectivity index is 0.000000315. The van der Waals surface area contributed by atoms with Crippen LogP contribution in [0.25, 0.3) is 0 Å². The van der Waals surface area contributed by atoms with E-state index in [-0.39, 0.29) is 0 Å². The first-order valence-electron chi connectivity index (χ1n) is 15.0. The number of halogens is 2. The number of aryl methyl sites for hydroxylation is 2. The van der Waals surface area contributed by atoms with Gasteiger partial charge in [0, 0.05) is 9.52 Å². The fraction of sp³-hybridized carbons (Fsp3) is 0.706. The van der Waals surface area contributed by atoms with E-state index in [1.807, 2.05) is 0 Å². The molecule has 2 aromatic rings. The topological polar surface area (TPSA) is 0 Å². The van der Waals surface area contributed by atoms with E-state index in [0.29, 0.717) is 0 Å². The van der Waals surface area contributed by atoms with E-state index in [9.17, 15) is 5.25 Å². The first-order chi connectivity index (χ1) is 17.8. The second-order valence-electron chi connectivity index (χ2n) is 13.3. The SMILES string of the molecule is C[SiH]C.Cc1cc2c([cH-]1)CC(C(C)C)CC2C(C)C.Cc1cc2c([cH-]1)CC(C(C)C)CC2C(C)C.[F][Zr+2][F]. The van der Waals surface area contributed by atoms with Gasteiger partial charge in [-0.3, -0.25) is 0 Å². The third kappa shape index (κ3) is 10.6. The average Bonchev–Trinajstić information content (AvgIpc) is 3.39. The second kappa shape index (κ2) is 17.5. The predicted molar refractivity (Wildman–Crippen MR) is 163 cm³/mol. The minimum absolute atomic E-state index is 0.750. The molecule has 0 N–H and O–H groups in total. The van der Waals surface area contributed by atoms with Gasteiger partial charge in [-0.05, 0) is 36.5 Å². The average molecular weight is 623 g/mol. The molecule has 0 saturated carbocycles. The van der Waals surface area contributed by atoms with Crippen molar-refractivity contribution < 1.29 is 29.7 Å². The van der Waals surface area contributed by atoms with Crippen LogP contribution in [0.2, 0.25) is 13.1 Å². The maximum absolute atomic E-state index is 9.80. The minimum atomic E-state index is -2.77. The molecule has 0 saturated heterocycles. The van der Waals surface area contributed by atoms with Gasteiger partial charge in [0.05, 0.1) is 0 Å². The van der Waals surface area contributed by atoms with Gasteiger partial charge >= 0.3 is 29.7 Å². The molecular weight excluding hydrogens is 566 g/mol. The molecule has 2 aliphatic carbocycles. The van der Waals surface area contributed by atoms with Crippen LogP contribution >= 0.6 is 0 Å². The van der Waals surface area contributed by atoms with Crippen LogP contribution in [0.15, 0.2) is 24.3 Å². The maximum atomic E-state index is 9.80. The van der Waals surface area contributed by atoms with E-state index >= 15 is 0 Å². The molecular formula is C34H57F2SiZr. The van der Waals surface area contributed by atoms with Gasteiger partial charge < -0.3 is 0 Å². The zero-order chi connectivity index (χ0) is 29.2. The summed E-state index contributed by atoms with van der Waals surface area (Å²) >= 11 is -2.77. The van der Waals surface area contributed by atoms with Crippen LogP contribution in [-0.2, 0) is 37.3 Å². The van der Waals surface area contributed by atoms with Gasteiger partial charge in [-0.15, -0.1) is 0 Å². The Morgan fingerprint density at radius 3 is 1.21 bits per heavy atom. The fourth-order valence-electron chi connectivity index (χ4n) is 6.44. The molecule has 215 valence electrons. The van der Waals surface area contributed by atoms with E-state index in [2.05, 4.69) is 107 Å². The summed E-state index contributed by atoms with van der Waals surface area (Å²) in [5, 5.41) is 0. The monoisotopic (exact) mass is 621 g/mol. The summed E-state index contributed by atoms with van der Waals surface area (Å²) < 4.78 is 19.6. The Kier molecular flexibility index (Phi) is 16.4. The molecule has 4 rings (SSSR count). The van der Waals surface area contributed by atoms with E-state index in [1.165, 1.54) is 36.8 Å². The van der Waals surface area contributed by atoms with Gasteiger partial charge in [0.15, 0.2) is 0 Å². The molecule has 0 fully saturated rings. The molecule has 2 aromatic carbocycles. The third-order valence-electron chi connectivity index (χ3n) is 8.68. The Bertz CT molecular complexity index is 833. The van der Waals surface area contributed by atoms with E-state index < -0.39 is 24.5 Å². The van der Waals surface area contributed by atoms with Crippen molar-refractivity contribution in [2.75, 3.05) is 0 Å². The van der Waals surface area contributed by atoms with Crippen molar-refractivity contribution in [1.82, 2.24) is 0 Å². The van der Waals surface area contributed by atoms with Gasteiger partial charge in [0.2, 0.25) is 0 Å². The fourth-order valence-corrected chi connectivity index (χ4v) is 6.44. The third-order valence-corrected chi connectivity index (χ3v) is 8.68. The molecule has 4 atom stereocenters. The van der Waals surface area contributed by atoms with E-state index in [0.717, 1.165) is 56.9 Å². The molecule has 0 spiro atoms. The van der Waals surface area contributed by atoms with Crippen molar-refractivity contribution in [2.45, 2.75) is 120 Å². The normalized spacial score (nSPS) is 21.9. The summed E-state index contributed by atoms with van der Waals surface area (Å²) in [4.78, 5) is 0. The molecule has 0 heterocycles. The van der Waals surface area contributed by atoms with Crippen molar-refractivity contribution >= 4 is 9.52 Å². The van der Waals surface area contributed by atoms with E-state index in [1.54, 1.807) is 22.3 Å². The van der Waals surface area contributed by atoms with Gasteiger partial charge in [-0.25, -0.2) is 12.1 Å². The molecule has 0 aromatic heterocycles. The quantitative estimate of drug-likeness (QED) is 0.235. The van der Waals surface area contributed by atoms with Crippen molar-refractivity contribution in [3.63, 3.8) is 0 Å². The summed E-state index contributed by atoms with van der Waals surface area (Å²) in [6.07, 6.45) is 5.41. The zero-order valence-electron chi connectivity index (χ0n) is 26.6. The van der Waals surface area contributed by atoms with Crippen LogP contribution in [0.1, 0.15) is 113 Å². The first kappa shape index (κ1) is 35.7. The van der Waals surface area contributed by atoms with Crippen molar-refractivity contribution in [1.29, 1.82) is 0 Å². The molecule has 0 nitrogen and oxygen atoms in total. The van der Waals surface area contributed by atoms with Gasteiger partial charge in [0.25, 0.3) is 0 Å². The Hall–Kier alpha value is -0.340. The van der Waals surface area contributed by atoms with Crippen LogP contribution in [-0.4, -0.2) is 9.52 Å². The predicted octanol–water partition coefficient (Wildman–Crippen LogP) is 10.7. The molecule has 4 unspecified atom stereocenters. The summed E-state index contributed by atoms with van der Waals surface area (Å²) in [6.45, 7) is 27.9. The second-order valence-corrected chi connectivity index (χ2v) is 14.8. The van der Waals surface area contributed by atoms with Gasteiger partial charge in [-0.1, -0.05) is 119 Å². The van der Waals surface area contributed by atoms with E-state index in [4.69, 9.17) is 0 Å². The Morgan fingerprint density at radius 1 is 0.684 bits per heavy atom. The molecule has 4 heteroatoms. The van der Waals surface area contributed by atoms with Crippen molar-refractivity contribution in [2.24, 2.45) is 35.5 Å². The number of hydrogen-bond acceptors (Lipinski definition) is 0. The number of hydrogen-bond donors (Lipinski definition) is 0. The summed E-state index contributed by atoms with van der Waals surface area (Å²) in [5.41, 5.74) is 9.51. The van der Waals surface area contributed by atoms with Gasteiger partial charge in [-0.2, -0.15) is 45.5 Å². The molecule has 0 aliphatic heterocycles. The Morgan fingerprint density at radius 2 is 0.974 bits per heavy atom. The Labute approximate surface area is 251 Å². The number of rotatable bonds is 4. The zero-order valence-corrected chi connectivity index (χ0v) is 30.2. The summed E-state index contributed by atoms with van der Waals surface area (Å²) in [6, 6.07) is 9.69. The summed E-state index contributed by atoms with van der Waals surface area (Å²) in [7, 11) is 0.750. The van der Waals surface area contributed by atoms with Crippen LogP contribution < -0.4 is 0 Å². The van der Waals surface area contributed by atoms with Crippen LogP contribution in [0.3, 0.4) is 0 Å². The van der Waals surface area contributed by atoms with Crippen LogP contribution in [0.5, 0.6) is 0 Å². The van der Waals surface area contributed by atoms with Crippen molar-refractivity contribution in [3.05, 3.63) is 57.6 Å². The van der Waals surface area contributed by atoms with Crippen LogP contribution in [0.4, 0.5) is 5.25 Å². The van der Waals surface area contributed by atoms with Gasteiger partial charge in [0.1, 0.15) is 0 Å². The molecule has 0 bridgehead atoms. The first-order valence-corrected chi connectivity index (χ1v) is 19.2. The molecule has 38 heavy (non-hydrogen) atoms. The molecule has 0 amide bonds. The standard InChI is InChI=1S/2C16H25.C2H7Si.2FH.Zr/c2*1-10(2)13-8-14-6-12(5)7-16(14)15(9-13)11(3)4;1-3-2;;;/h2*6-7,10-11,13,15H,8-9H2,1-5H3;3H,1-2H3;2*1H;/q2*-1;;;;+4/p-2. The number of fused-ring (bicyclic) bond motifs is 2.